The van der Waals surface area contributed by atoms with Gasteiger partial charge in [0.2, 0.25) is 0 Å². The van der Waals surface area contributed by atoms with Crippen molar-refractivity contribution >= 4 is 6.09 Å². The summed E-state index contributed by atoms with van der Waals surface area (Å²) in [4.78, 5) is 12.1. The zero-order valence-electron chi connectivity index (χ0n) is 17.6. The summed E-state index contributed by atoms with van der Waals surface area (Å²) in [6, 6.07) is 4.38. The average Bonchev–Trinajstić information content (AvgIpc) is 2.49. The fourth-order valence-electron chi connectivity index (χ4n) is 2.66. The van der Waals surface area contributed by atoms with Gasteiger partial charge in [0.05, 0.1) is 6.61 Å². The normalized spacial score (nSPS) is 14.4. The van der Waals surface area contributed by atoms with Gasteiger partial charge in [-0.1, -0.05) is 20.3 Å². The van der Waals surface area contributed by atoms with Crippen molar-refractivity contribution in [1.82, 2.24) is 5.32 Å². The molecule has 0 spiro atoms. The van der Waals surface area contributed by atoms with E-state index >= 15 is 0 Å². The number of halogens is 1. The van der Waals surface area contributed by atoms with Crippen LogP contribution in [0.15, 0.2) is 18.2 Å². The molecule has 0 radical (unpaired) electrons. The van der Waals surface area contributed by atoms with Crippen LogP contribution in [0.4, 0.5) is 9.18 Å². The average molecular weight is 384 g/mol. The minimum absolute atomic E-state index is 0.0977. The van der Waals surface area contributed by atoms with Gasteiger partial charge in [0.15, 0.2) is 6.10 Å². The number of nitrogens with one attached hydrogen (secondary N) is 1. The number of carbonyl (C=O) groups excluding carboxylic acids is 1. The summed E-state index contributed by atoms with van der Waals surface area (Å²) >= 11 is 0. The lowest BCUT2D eigenvalue weighted by Crippen LogP contribution is -2.43. The Kier molecular flexibility index (Phi) is 8.08. The van der Waals surface area contributed by atoms with Gasteiger partial charge in [-0.05, 0) is 59.1 Å². The lowest BCUT2D eigenvalue weighted by Gasteiger charge is -2.31. The van der Waals surface area contributed by atoms with Gasteiger partial charge in [-0.2, -0.15) is 0 Å². The fourth-order valence-corrected chi connectivity index (χ4v) is 2.66. The second-order valence-corrected chi connectivity index (χ2v) is 8.70. The molecule has 6 heteroatoms. The van der Waals surface area contributed by atoms with Gasteiger partial charge in [-0.25, -0.2) is 9.18 Å². The maximum Gasteiger partial charge on any atom is 0.408 e. The number of rotatable bonds is 8. The molecule has 0 fully saturated rings. The summed E-state index contributed by atoms with van der Waals surface area (Å²) in [5, 5.41) is 13.1. The molecule has 0 saturated carbocycles. The minimum Gasteiger partial charge on any atom is -0.493 e. The van der Waals surface area contributed by atoms with E-state index in [0.29, 0.717) is 18.3 Å². The zero-order valence-corrected chi connectivity index (χ0v) is 17.6. The van der Waals surface area contributed by atoms with Crippen molar-refractivity contribution in [2.45, 2.75) is 78.6 Å². The first-order chi connectivity index (χ1) is 12.3. The second-order valence-electron chi connectivity index (χ2n) is 8.70. The van der Waals surface area contributed by atoms with Crippen molar-refractivity contribution < 1.29 is 23.8 Å². The summed E-state index contributed by atoms with van der Waals surface area (Å²) in [6.07, 6.45) is 0.229. The Labute approximate surface area is 162 Å². The van der Waals surface area contributed by atoms with Crippen LogP contribution in [0.2, 0.25) is 0 Å². The number of hydrogen-bond donors (Lipinski definition) is 2. The van der Waals surface area contributed by atoms with E-state index in [2.05, 4.69) is 19.2 Å². The molecule has 5 nitrogen and oxygen atoms in total. The van der Waals surface area contributed by atoms with E-state index in [1.165, 1.54) is 26.0 Å². The van der Waals surface area contributed by atoms with Crippen LogP contribution in [0.25, 0.3) is 0 Å². The van der Waals surface area contributed by atoms with Crippen LogP contribution in [-0.2, 0) is 4.74 Å². The summed E-state index contributed by atoms with van der Waals surface area (Å²) in [7, 11) is 0. The number of amides is 1. The van der Waals surface area contributed by atoms with Crippen molar-refractivity contribution in [2.24, 2.45) is 5.92 Å². The highest BCUT2D eigenvalue weighted by Crippen LogP contribution is 2.33. The van der Waals surface area contributed by atoms with E-state index in [1.54, 1.807) is 26.8 Å². The molecule has 0 saturated heterocycles. The molecule has 0 unspecified atom stereocenters. The summed E-state index contributed by atoms with van der Waals surface area (Å²) < 4.78 is 25.7. The van der Waals surface area contributed by atoms with Gasteiger partial charge in [0.25, 0.3) is 0 Å². The van der Waals surface area contributed by atoms with Crippen LogP contribution in [-0.4, -0.2) is 28.9 Å². The number of ether oxygens (including phenoxy) is 2. The highest BCUT2D eigenvalue weighted by Gasteiger charge is 2.35. The van der Waals surface area contributed by atoms with Crippen LogP contribution in [0.3, 0.4) is 0 Å². The van der Waals surface area contributed by atoms with Gasteiger partial charge in [-0.3, -0.25) is 0 Å². The van der Waals surface area contributed by atoms with Crippen molar-refractivity contribution in [3.63, 3.8) is 0 Å². The maximum atomic E-state index is 14.7. The van der Waals surface area contributed by atoms with Crippen LogP contribution >= 0.6 is 0 Å². The van der Waals surface area contributed by atoms with Crippen molar-refractivity contribution in [3.8, 4) is 5.75 Å². The molecule has 1 amide bonds. The summed E-state index contributed by atoms with van der Waals surface area (Å²) in [6.45, 7) is 13.1. The third-order valence-electron chi connectivity index (χ3n) is 3.91. The standard InChI is InChI=1S/C21H34FNO4/c1-8-9-14(2)13-26-15-10-11-16(17(22)12-15)18(21(6,7)25)27-19(24)23-20(3,4)5/h10-12,14,18,25H,8-9,13H2,1-7H3,(H,23,24)/t14-,18-/m1/s1. The molecule has 27 heavy (non-hydrogen) atoms. The van der Waals surface area contributed by atoms with Crippen LogP contribution < -0.4 is 10.1 Å². The lowest BCUT2D eigenvalue weighted by molar-refractivity contribution is -0.0600. The number of alkyl carbamates (subject to hydrolysis) is 1. The molecule has 1 aromatic rings. The zero-order chi connectivity index (χ0) is 20.8. The van der Waals surface area contributed by atoms with Gasteiger partial charge in [-0.15, -0.1) is 0 Å². The Hall–Kier alpha value is -1.82. The third kappa shape index (κ3) is 8.16. The van der Waals surface area contributed by atoms with Crippen LogP contribution in [0, 0.1) is 11.7 Å². The number of hydrogen-bond acceptors (Lipinski definition) is 4. The van der Waals surface area contributed by atoms with Crippen molar-refractivity contribution in [3.05, 3.63) is 29.6 Å². The van der Waals surface area contributed by atoms with Crippen molar-refractivity contribution in [1.29, 1.82) is 0 Å². The quantitative estimate of drug-likeness (QED) is 0.664. The first-order valence-corrected chi connectivity index (χ1v) is 9.47. The Morgan fingerprint density at radius 1 is 1.26 bits per heavy atom. The first kappa shape index (κ1) is 23.2. The molecule has 1 aromatic carbocycles. The molecular formula is C21H34FNO4. The van der Waals surface area contributed by atoms with Gasteiger partial charge < -0.3 is 19.9 Å². The van der Waals surface area contributed by atoms with Crippen molar-refractivity contribution in [2.75, 3.05) is 6.61 Å². The smallest absolute Gasteiger partial charge is 0.408 e. The van der Waals surface area contributed by atoms with E-state index in [4.69, 9.17) is 9.47 Å². The third-order valence-corrected chi connectivity index (χ3v) is 3.91. The molecule has 2 atom stereocenters. The first-order valence-electron chi connectivity index (χ1n) is 9.47. The second kappa shape index (κ2) is 9.40. The number of carbonyl (C=O) groups is 1. The SMILES string of the molecule is CCC[C@@H](C)COc1ccc([C@@H](OC(=O)NC(C)(C)C)C(C)(C)O)c(F)c1. The largest absolute Gasteiger partial charge is 0.493 e. The van der Waals surface area contributed by atoms with E-state index in [-0.39, 0.29) is 5.56 Å². The van der Waals surface area contributed by atoms with Gasteiger partial charge in [0, 0.05) is 17.2 Å². The van der Waals surface area contributed by atoms with Gasteiger partial charge >= 0.3 is 6.09 Å². The lowest BCUT2D eigenvalue weighted by atomic mass is 9.94. The van der Waals surface area contributed by atoms with E-state index in [9.17, 15) is 14.3 Å². The molecule has 0 aliphatic carbocycles. The predicted molar refractivity (Wildman–Crippen MR) is 104 cm³/mol. The topological polar surface area (TPSA) is 67.8 Å². The maximum absolute atomic E-state index is 14.7. The molecule has 0 heterocycles. The minimum atomic E-state index is -1.46. The predicted octanol–water partition coefficient (Wildman–Crippen LogP) is 4.98. The van der Waals surface area contributed by atoms with E-state index in [0.717, 1.165) is 12.8 Å². The Morgan fingerprint density at radius 3 is 2.37 bits per heavy atom. The fraction of sp³-hybridized carbons (Fsp3) is 0.667. The number of aliphatic hydroxyl groups is 1. The molecule has 0 bridgehead atoms. The van der Waals surface area contributed by atoms with E-state index in [1.807, 2.05) is 0 Å². The molecule has 0 aliphatic rings. The Morgan fingerprint density at radius 2 is 1.89 bits per heavy atom. The summed E-state index contributed by atoms with van der Waals surface area (Å²) in [5.74, 6) is 0.199. The number of benzene rings is 1. The molecule has 0 aromatic heterocycles. The highest BCUT2D eigenvalue weighted by atomic mass is 19.1. The molecular weight excluding hydrogens is 349 g/mol. The molecule has 154 valence electrons. The summed E-state index contributed by atoms with van der Waals surface area (Å²) in [5.41, 5.74) is -1.87. The Bertz CT molecular complexity index is 620. The molecule has 2 N–H and O–H groups in total. The van der Waals surface area contributed by atoms with Crippen LogP contribution in [0.5, 0.6) is 5.75 Å². The van der Waals surface area contributed by atoms with Gasteiger partial charge in [0.1, 0.15) is 17.2 Å². The highest BCUT2D eigenvalue weighted by molar-refractivity contribution is 5.68. The van der Waals surface area contributed by atoms with Crippen LogP contribution in [0.1, 0.15) is 73.0 Å². The molecule has 1 rings (SSSR count). The molecule has 0 aliphatic heterocycles. The van der Waals surface area contributed by atoms with E-state index < -0.39 is 29.2 Å². The Balaban J connectivity index is 2.95. The monoisotopic (exact) mass is 383 g/mol.